The summed E-state index contributed by atoms with van der Waals surface area (Å²) < 4.78 is 10.5. The highest BCUT2D eigenvalue weighted by atomic mass is 16.5. The van der Waals surface area contributed by atoms with E-state index < -0.39 is 0 Å². The van der Waals surface area contributed by atoms with Crippen LogP contribution in [0.2, 0.25) is 0 Å². The molecule has 1 heterocycles. The van der Waals surface area contributed by atoms with Crippen molar-refractivity contribution in [1.82, 2.24) is 4.90 Å². The van der Waals surface area contributed by atoms with E-state index in [9.17, 15) is 9.59 Å². The Balaban J connectivity index is 2.18. The molecule has 1 aliphatic heterocycles. The normalized spacial score (nSPS) is 21.2. The Morgan fingerprint density at radius 3 is 2.78 bits per heavy atom. The van der Waals surface area contributed by atoms with Gasteiger partial charge in [-0.3, -0.25) is 9.59 Å². The van der Waals surface area contributed by atoms with Crippen LogP contribution in [0.5, 0.6) is 5.75 Å². The van der Waals surface area contributed by atoms with E-state index in [2.05, 4.69) is 5.32 Å². The third kappa shape index (κ3) is 3.82. The standard InChI is InChI=1S/C17H24N2O4/c1-11-5-7-15(23-4)13(9-11)18-17(21)12-6-8-16(20)19(2)14(12)10-22-3/h5,7,9,12,14H,6,8,10H2,1-4H3,(H,18,21)/t12-,14-/m1/s1. The molecule has 1 N–H and O–H groups in total. The topological polar surface area (TPSA) is 67.9 Å². The zero-order valence-electron chi connectivity index (χ0n) is 14.1. The van der Waals surface area contributed by atoms with Crippen LogP contribution in [-0.4, -0.2) is 50.6 Å². The van der Waals surface area contributed by atoms with Crippen LogP contribution in [0.1, 0.15) is 18.4 Å². The van der Waals surface area contributed by atoms with Crippen molar-refractivity contribution in [3.8, 4) is 5.75 Å². The van der Waals surface area contributed by atoms with Crippen molar-refractivity contribution in [3.63, 3.8) is 0 Å². The number of hydrogen-bond donors (Lipinski definition) is 1. The van der Waals surface area contributed by atoms with E-state index in [4.69, 9.17) is 9.47 Å². The molecule has 0 saturated carbocycles. The summed E-state index contributed by atoms with van der Waals surface area (Å²) in [5.41, 5.74) is 1.68. The lowest BCUT2D eigenvalue weighted by molar-refractivity contribution is -0.141. The SMILES string of the molecule is COC[C@@H]1[C@H](C(=O)Nc2cc(C)ccc2OC)CCC(=O)N1C. The zero-order chi connectivity index (χ0) is 17.0. The van der Waals surface area contributed by atoms with Crippen LogP contribution < -0.4 is 10.1 Å². The maximum absolute atomic E-state index is 12.7. The van der Waals surface area contributed by atoms with Gasteiger partial charge >= 0.3 is 0 Å². The number of nitrogens with one attached hydrogen (secondary N) is 1. The van der Waals surface area contributed by atoms with Gasteiger partial charge in [0.2, 0.25) is 11.8 Å². The van der Waals surface area contributed by atoms with Crippen molar-refractivity contribution < 1.29 is 19.1 Å². The van der Waals surface area contributed by atoms with E-state index in [1.54, 1.807) is 26.2 Å². The summed E-state index contributed by atoms with van der Waals surface area (Å²) in [4.78, 5) is 26.2. The summed E-state index contributed by atoms with van der Waals surface area (Å²) in [7, 11) is 4.87. The number of aryl methyl sites for hydroxylation is 1. The number of anilines is 1. The van der Waals surface area contributed by atoms with Gasteiger partial charge in [0.15, 0.2) is 0 Å². The molecule has 2 rings (SSSR count). The molecule has 1 fully saturated rings. The highest BCUT2D eigenvalue weighted by molar-refractivity contribution is 5.95. The number of piperidine rings is 1. The van der Waals surface area contributed by atoms with Crippen LogP contribution >= 0.6 is 0 Å². The van der Waals surface area contributed by atoms with Gasteiger partial charge in [-0.1, -0.05) is 6.07 Å². The lowest BCUT2D eigenvalue weighted by Gasteiger charge is -2.37. The minimum absolute atomic E-state index is 0.0456. The largest absolute Gasteiger partial charge is 0.495 e. The highest BCUT2D eigenvalue weighted by Gasteiger charge is 2.38. The fourth-order valence-corrected chi connectivity index (χ4v) is 2.95. The van der Waals surface area contributed by atoms with E-state index >= 15 is 0 Å². The summed E-state index contributed by atoms with van der Waals surface area (Å²) >= 11 is 0. The van der Waals surface area contributed by atoms with Gasteiger partial charge < -0.3 is 19.7 Å². The van der Waals surface area contributed by atoms with Crippen LogP contribution in [0, 0.1) is 12.8 Å². The molecule has 6 nitrogen and oxygen atoms in total. The lowest BCUT2D eigenvalue weighted by atomic mass is 9.88. The van der Waals surface area contributed by atoms with Crippen LogP contribution in [0.3, 0.4) is 0 Å². The van der Waals surface area contributed by atoms with Crippen molar-refractivity contribution in [1.29, 1.82) is 0 Å². The first-order valence-electron chi connectivity index (χ1n) is 7.68. The molecule has 6 heteroatoms. The molecule has 2 amide bonds. The second kappa shape index (κ2) is 7.46. The van der Waals surface area contributed by atoms with Gasteiger partial charge in [0, 0.05) is 20.6 Å². The quantitative estimate of drug-likeness (QED) is 0.899. The van der Waals surface area contributed by atoms with Gasteiger partial charge in [-0.25, -0.2) is 0 Å². The molecular formula is C17H24N2O4. The number of amides is 2. The molecule has 0 radical (unpaired) electrons. The Kier molecular flexibility index (Phi) is 5.60. The molecule has 1 aromatic rings. The number of benzene rings is 1. The summed E-state index contributed by atoms with van der Waals surface area (Å²) in [6.45, 7) is 2.29. The van der Waals surface area contributed by atoms with Crippen molar-refractivity contribution in [2.45, 2.75) is 25.8 Å². The number of rotatable bonds is 5. The van der Waals surface area contributed by atoms with Crippen molar-refractivity contribution in [2.75, 3.05) is 33.2 Å². The molecule has 0 spiro atoms. The number of likely N-dealkylation sites (tertiary alicyclic amines) is 1. The number of likely N-dealkylation sites (N-methyl/N-ethyl adjacent to an activating group) is 1. The van der Waals surface area contributed by atoms with Gasteiger partial charge in [0.25, 0.3) is 0 Å². The fraction of sp³-hybridized carbons (Fsp3) is 0.529. The maximum Gasteiger partial charge on any atom is 0.229 e. The summed E-state index contributed by atoms with van der Waals surface area (Å²) in [6.07, 6.45) is 0.900. The van der Waals surface area contributed by atoms with Gasteiger partial charge in [0.05, 0.1) is 31.4 Å². The lowest BCUT2D eigenvalue weighted by Crippen LogP contribution is -2.52. The average molecular weight is 320 g/mol. The second-order valence-electron chi connectivity index (χ2n) is 5.87. The first kappa shape index (κ1) is 17.3. The minimum Gasteiger partial charge on any atom is -0.495 e. The Bertz CT molecular complexity index is 588. The average Bonchev–Trinajstić information content (AvgIpc) is 2.52. The molecule has 1 saturated heterocycles. The van der Waals surface area contributed by atoms with E-state index in [0.29, 0.717) is 30.9 Å². The number of nitrogens with zero attached hydrogens (tertiary/aromatic N) is 1. The van der Waals surface area contributed by atoms with Crippen LogP contribution in [-0.2, 0) is 14.3 Å². The van der Waals surface area contributed by atoms with E-state index in [1.807, 2.05) is 25.1 Å². The minimum atomic E-state index is -0.303. The van der Waals surface area contributed by atoms with Crippen LogP contribution in [0.15, 0.2) is 18.2 Å². The molecule has 0 unspecified atom stereocenters. The number of carbonyl (C=O) groups is 2. The summed E-state index contributed by atoms with van der Waals surface area (Å²) in [6, 6.07) is 5.38. The number of ether oxygens (including phenoxy) is 2. The van der Waals surface area contributed by atoms with Gasteiger partial charge in [0.1, 0.15) is 5.75 Å². The molecule has 0 aliphatic carbocycles. The van der Waals surface area contributed by atoms with Gasteiger partial charge in [-0.05, 0) is 31.0 Å². The zero-order valence-corrected chi connectivity index (χ0v) is 14.1. The van der Waals surface area contributed by atoms with Gasteiger partial charge in [-0.15, -0.1) is 0 Å². The molecule has 2 atom stereocenters. The molecule has 1 aromatic carbocycles. The van der Waals surface area contributed by atoms with Crippen molar-refractivity contribution in [3.05, 3.63) is 23.8 Å². The Morgan fingerprint density at radius 2 is 2.13 bits per heavy atom. The monoisotopic (exact) mass is 320 g/mol. The molecule has 0 bridgehead atoms. The molecule has 0 aromatic heterocycles. The number of carbonyl (C=O) groups excluding carboxylic acids is 2. The predicted molar refractivity (Wildman–Crippen MR) is 87.5 cm³/mol. The fourth-order valence-electron chi connectivity index (χ4n) is 2.95. The first-order chi connectivity index (χ1) is 11.0. The van der Waals surface area contributed by atoms with E-state index in [0.717, 1.165) is 5.56 Å². The molecule has 126 valence electrons. The molecular weight excluding hydrogens is 296 g/mol. The first-order valence-corrected chi connectivity index (χ1v) is 7.68. The van der Waals surface area contributed by atoms with Crippen molar-refractivity contribution in [2.24, 2.45) is 5.92 Å². The Labute approximate surface area is 136 Å². The number of hydrogen-bond acceptors (Lipinski definition) is 4. The molecule has 1 aliphatic rings. The Hall–Kier alpha value is -2.08. The third-order valence-corrected chi connectivity index (χ3v) is 4.31. The highest BCUT2D eigenvalue weighted by Crippen LogP contribution is 2.29. The van der Waals surface area contributed by atoms with Crippen LogP contribution in [0.4, 0.5) is 5.69 Å². The summed E-state index contributed by atoms with van der Waals surface area (Å²) in [5.74, 6) is 0.245. The van der Waals surface area contributed by atoms with Crippen LogP contribution in [0.25, 0.3) is 0 Å². The van der Waals surface area contributed by atoms with E-state index in [-0.39, 0.29) is 23.8 Å². The summed E-state index contributed by atoms with van der Waals surface area (Å²) in [5, 5.41) is 2.94. The Morgan fingerprint density at radius 1 is 1.39 bits per heavy atom. The number of methoxy groups -OCH3 is 2. The smallest absolute Gasteiger partial charge is 0.229 e. The molecule has 23 heavy (non-hydrogen) atoms. The predicted octanol–water partition coefficient (Wildman–Crippen LogP) is 1.83. The van der Waals surface area contributed by atoms with E-state index in [1.165, 1.54) is 0 Å². The van der Waals surface area contributed by atoms with Gasteiger partial charge in [-0.2, -0.15) is 0 Å². The third-order valence-electron chi connectivity index (χ3n) is 4.31. The maximum atomic E-state index is 12.7. The second-order valence-corrected chi connectivity index (χ2v) is 5.87. The van der Waals surface area contributed by atoms with Crippen molar-refractivity contribution >= 4 is 17.5 Å².